The largest absolute Gasteiger partial charge is 0.496 e. The van der Waals surface area contributed by atoms with Crippen molar-refractivity contribution in [3.63, 3.8) is 0 Å². The van der Waals surface area contributed by atoms with Gasteiger partial charge in [-0.1, -0.05) is 11.6 Å². The molecule has 0 saturated heterocycles. The van der Waals surface area contributed by atoms with E-state index in [1.807, 2.05) is 0 Å². The summed E-state index contributed by atoms with van der Waals surface area (Å²) in [4.78, 5) is 11.1. The third kappa shape index (κ3) is 4.60. The molecule has 0 fully saturated rings. The van der Waals surface area contributed by atoms with E-state index in [1.54, 1.807) is 32.4 Å². The van der Waals surface area contributed by atoms with Crippen LogP contribution in [0.1, 0.15) is 5.56 Å². The van der Waals surface area contributed by atoms with Gasteiger partial charge in [0.25, 0.3) is 5.91 Å². The number of hydrogen-bond donors (Lipinski definition) is 2. The number of halogens is 1. The molecule has 1 rings (SSSR count). The van der Waals surface area contributed by atoms with Gasteiger partial charge in [-0.05, 0) is 18.2 Å². The molecule has 0 saturated carbocycles. The number of carbonyl (C=O) groups excluding carboxylic acids is 1. The smallest absolute Gasteiger partial charge is 0.260 e. The molecule has 1 aromatic rings. The van der Waals surface area contributed by atoms with Crippen molar-refractivity contribution in [2.45, 2.75) is 6.61 Å². The van der Waals surface area contributed by atoms with E-state index in [0.717, 1.165) is 5.56 Å². The predicted octanol–water partition coefficient (Wildman–Crippen LogP) is 1.12. The lowest BCUT2D eigenvalue weighted by Gasteiger charge is -2.09. The Hall–Kier alpha value is -1.30. The van der Waals surface area contributed by atoms with Crippen molar-refractivity contribution in [2.75, 3.05) is 20.8 Å². The molecule has 17 heavy (non-hydrogen) atoms. The molecule has 0 unspecified atom stereocenters. The summed E-state index contributed by atoms with van der Waals surface area (Å²) < 4.78 is 10.4. The molecule has 2 N–H and O–H groups in total. The minimum atomic E-state index is -0.242. The van der Waals surface area contributed by atoms with Crippen LogP contribution in [0.4, 0.5) is 0 Å². The molecule has 0 aliphatic rings. The van der Waals surface area contributed by atoms with E-state index in [2.05, 4.69) is 10.9 Å². The second-order valence-electron chi connectivity index (χ2n) is 3.25. The van der Waals surface area contributed by atoms with Crippen molar-refractivity contribution in [3.8, 4) is 5.75 Å². The number of hydrazine groups is 1. The Morgan fingerprint density at radius 3 is 2.88 bits per heavy atom. The first-order valence-corrected chi connectivity index (χ1v) is 5.41. The van der Waals surface area contributed by atoms with Crippen LogP contribution in [0, 0.1) is 0 Å². The molecule has 1 aromatic carbocycles. The summed E-state index contributed by atoms with van der Waals surface area (Å²) in [6.45, 7) is 0.234. The highest BCUT2D eigenvalue weighted by Gasteiger charge is 2.05. The highest BCUT2D eigenvalue weighted by molar-refractivity contribution is 6.30. The number of hydrogen-bond acceptors (Lipinski definition) is 4. The second kappa shape index (κ2) is 7.11. The molecule has 0 heterocycles. The normalized spacial score (nSPS) is 10.1. The number of nitrogens with one attached hydrogen (secondary N) is 2. The highest BCUT2D eigenvalue weighted by atomic mass is 35.5. The topological polar surface area (TPSA) is 59.6 Å². The molecule has 0 aliphatic carbocycles. The van der Waals surface area contributed by atoms with Gasteiger partial charge in [0.05, 0.1) is 13.7 Å². The SMILES string of the molecule is CNNC(=O)COCc1cc(Cl)ccc1OC. The summed E-state index contributed by atoms with van der Waals surface area (Å²) >= 11 is 5.86. The predicted molar refractivity (Wildman–Crippen MR) is 64.9 cm³/mol. The van der Waals surface area contributed by atoms with Gasteiger partial charge in [-0.3, -0.25) is 10.2 Å². The van der Waals surface area contributed by atoms with Crippen LogP contribution in [-0.2, 0) is 16.1 Å². The van der Waals surface area contributed by atoms with Gasteiger partial charge >= 0.3 is 0 Å². The lowest BCUT2D eigenvalue weighted by molar-refractivity contribution is -0.126. The molecule has 0 bridgehead atoms. The maximum atomic E-state index is 11.1. The van der Waals surface area contributed by atoms with Crippen molar-refractivity contribution in [1.82, 2.24) is 10.9 Å². The number of methoxy groups -OCH3 is 1. The Balaban J connectivity index is 2.50. The lowest BCUT2D eigenvalue weighted by atomic mass is 10.2. The van der Waals surface area contributed by atoms with Crippen LogP contribution in [0.15, 0.2) is 18.2 Å². The number of carbonyl (C=O) groups is 1. The van der Waals surface area contributed by atoms with Crippen molar-refractivity contribution >= 4 is 17.5 Å². The third-order valence-electron chi connectivity index (χ3n) is 2.00. The zero-order valence-corrected chi connectivity index (χ0v) is 10.5. The molecule has 0 spiro atoms. The Bertz CT molecular complexity index is 385. The maximum Gasteiger partial charge on any atom is 0.260 e. The number of rotatable bonds is 6. The van der Waals surface area contributed by atoms with Crippen LogP contribution in [0.5, 0.6) is 5.75 Å². The van der Waals surface area contributed by atoms with E-state index >= 15 is 0 Å². The summed E-state index contributed by atoms with van der Waals surface area (Å²) in [6, 6.07) is 5.24. The van der Waals surface area contributed by atoms with Crippen molar-refractivity contribution in [2.24, 2.45) is 0 Å². The van der Waals surface area contributed by atoms with Gasteiger partial charge in [-0.2, -0.15) is 0 Å². The van der Waals surface area contributed by atoms with Gasteiger partial charge in [-0.25, -0.2) is 5.43 Å². The lowest BCUT2D eigenvalue weighted by Crippen LogP contribution is -2.36. The Labute approximate surface area is 105 Å². The average Bonchev–Trinajstić information content (AvgIpc) is 2.30. The van der Waals surface area contributed by atoms with Crippen LogP contribution < -0.4 is 15.6 Å². The van der Waals surface area contributed by atoms with Gasteiger partial charge in [0, 0.05) is 17.6 Å². The molecule has 0 radical (unpaired) electrons. The van der Waals surface area contributed by atoms with Gasteiger partial charge in [0.1, 0.15) is 12.4 Å². The van der Waals surface area contributed by atoms with Crippen molar-refractivity contribution in [3.05, 3.63) is 28.8 Å². The number of benzene rings is 1. The fourth-order valence-electron chi connectivity index (χ4n) is 1.29. The average molecular weight is 259 g/mol. The Morgan fingerprint density at radius 2 is 2.24 bits per heavy atom. The number of ether oxygens (including phenoxy) is 2. The van der Waals surface area contributed by atoms with E-state index in [1.165, 1.54) is 0 Å². The fraction of sp³-hybridized carbons (Fsp3) is 0.364. The van der Waals surface area contributed by atoms with Crippen molar-refractivity contribution in [1.29, 1.82) is 0 Å². The third-order valence-corrected chi connectivity index (χ3v) is 2.23. The van der Waals surface area contributed by atoms with E-state index in [0.29, 0.717) is 10.8 Å². The monoisotopic (exact) mass is 258 g/mol. The molecule has 6 heteroatoms. The first-order valence-electron chi connectivity index (χ1n) is 5.03. The Kier molecular flexibility index (Phi) is 5.76. The highest BCUT2D eigenvalue weighted by Crippen LogP contribution is 2.23. The van der Waals surface area contributed by atoms with Gasteiger partial charge in [0.15, 0.2) is 0 Å². The molecule has 1 amide bonds. The van der Waals surface area contributed by atoms with E-state index in [9.17, 15) is 4.79 Å². The first-order chi connectivity index (χ1) is 8.17. The van der Waals surface area contributed by atoms with E-state index in [-0.39, 0.29) is 19.1 Å². The van der Waals surface area contributed by atoms with Gasteiger partial charge < -0.3 is 9.47 Å². The van der Waals surface area contributed by atoms with Gasteiger partial charge in [0.2, 0.25) is 0 Å². The standard InChI is InChI=1S/C11H15ClN2O3/c1-13-14-11(15)7-17-6-8-5-9(12)3-4-10(8)16-2/h3-5,13H,6-7H2,1-2H3,(H,14,15). The number of amides is 1. The summed E-state index contributed by atoms with van der Waals surface area (Å²) in [5, 5.41) is 0.601. The minimum absolute atomic E-state index is 0.0312. The van der Waals surface area contributed by atoms with Crippen LogP contribution in [-0.4, -0.2) is 26.7 Å². The van der Waals surface area contributed by atoms with Crippen LogP contribution >= 0.6 is 11.6 Å². The first kappa shape index (κ1) is 13.8. The van der Waals surface area contributed by atoms with Crippen LogP contribution in [0.2, 0.25) is 5.02 Å². The summed E-state index contributed by atoms with van der Waals surface area (Å²) in [5.41, 5.74) is 5.73. The van der Waals surface area contributed by atoms with Crippen molar-refractivity contribution < 1.29 is 14.3 Å². The second-order valence-corrected chi connectivity index (χ2v) is 3.68. The van der Waals surface area contributed by atoms with E-state index < -0.39 is 0 Å². The minimum Gasteiger partial charge on any atom is -0.496 e. The van der Waals surface area contributed by atoms with E-state index in [4.69, 9.17) is 21.1 Å². The summed E-state index contributed by atoms with van der Waals surface area (Å²) in [7, 11) is 3.18. The zero-order valence-electron chi connectivity index (χ0n) is 9.75. The molecule has 0 aromatic heterocycles. The summed E-state index contributed by atoms with van der Waals surface area (Å²) in [5.74, 6) is 0.442. The molecule has 0 aliphatic heterocycles. The summed E-state index contributed by atoms with van der Waals surface area (Å²) in [6.07, 6.45) is 0. The quantitative estimate of drug-likeness (QED) is 0.751. The maximum absolute atomic E-state index is 11.1. The molecule has 0 atom stereocenters. The molecular weight excluding hydrogens is 244 g/mol. The molecule has 5 nitrogen and oxygen atoms in total. The van der Waals surface area contributed by atoms with Gasteiger partial charge in [-0.15, -0.1) is 0 Å². The zero-order chi connectivity index (χ0) is 12.7. The Morgan fingerprint density at radius 1 is 1.47 bits per heavy atom. The molecule has 94 valence electrons. The van der Waals surface area contributed by atoms with Crippen LogP contribution in [0.3, 0.4) is 0 Å². The van der Waals surface area contributed by atoms with Crippen LogP contribution in [0.25, 0.3) is 0 Å². The molecular formula is C11H15ClN2O3. The fourth-order valence-corrected chi connectivity index (χ4v) is 1.48.